The lowest BCUT2D eigenvalue weighted by atomic mass is 10.0. The topological polar surface area (TPSA) is 78.9 Å². The molecule has 6 nitrogen and oxygen atoms in total. The highest BCUT2D eigenvalue weighted by Gasteiger charge is 2.19. The molecule has 0 aliphatic rings. The highest BCUT2D eigenvalue weighted by molar-refractivity contribution is 5.71. The second-order valence-corrected chi connectivity index (χ2v) is 17.1. The third-order valence-corrected chi connectivity index (χ3v) is 11.1. The summed E-state index contributed by atoms with van der Waals surface area (Å²) in [6.07, 6.45) is 55.5. The Morgan fingerprint density at radius 2 is 0.627 bits per heavy atom. The quantitative estimate of drug-likeness (QED) is 0.0263. The molecule has 0 aromatic carbocycles. The van der Waals surface area contributed by atoms with Crippen molar-refractivity contribution in [1.82, 2.24) is 0 Å². The summed E-state index contributed by atoms with van der Waals surface area (Å²) in [5.41, 5.74) is 0. The van der Waals surface area contributed by atoms with Gasteiger partial charge in [-0.3, -0.25) is 14.4 Å². The van der Waals surface area contributed by atoms with Gasteiger partial charge in [0.05, 0.1) is 0 Å². The number of ether oxygens (including phenoxy) is 3. The molecule has 0 saturated carbocycles. The first-order valence-electron chi connectivity index (χ1n) is 25.5. The Hall–Kier alpha value is -2.37. The molecule has 0 radical (unpaired) electrons. The number of rotatable bonds is 46. The molecule has 0 bridgehead atoms. The first-order chi connectivity index (χ1) is 29.0. The third kappa shape index (κ3) is 46.5. The van der Waals surface area contributed by atoms with E-state index in [1.165, 1.54) is 141 Å². The van der Waals surface area contributed by atoms with E-state index in [0.29, 0.717) is 19.3 Å². The zero-order valence-corrected chi connectivity index (χ0v) is 39.3. The second-order valence-electron chi connectivity index (χ2n) is 17.1. The summed E-state index contributed by atoms with van der Waals surface area (Å²) in [5, 5.41) is 0. The maximum absolute atomic E-state index is 12.8. The van der Waals surface area contributed by atoms with Gasteiger partial charge in [-0.1, -0.05) is 211 Å². The van der Waals surface area contributed by atoms with Gasteiger partial charge in [0.25, 0.3) is 0 Å². The summed E-state index contributed by atoms with van der Waals surface area (Å²) in [4.78, 5) is 37.9. The van der Waals surface area contributed by atoms with Crippen LogP contribution in [0, 0.1) is 0 Å². The normalized spacial score (nSPS) is 12.3. The van der Waals surface area contributed by atoms with Crippen LogP contribution in [0.25, 0.3) is 0 Å². The van der Waals surface area contributed by atoms with E-state index in [4.69, 9.17) is 14.2 Å². The summed E-state index contributed by atoms with van der Waals surface area (Å²) in [6, 6.07) is 0. The lowest BCUT2D eigenvalue weighted by Crippen LogP contribution is -2.30. The summed E-state index contributed by atoms with van der Waals surface area (Å²) in [6.45, 7) is 6.57. The van der Waals surface area contributed by atoms with Gasteiger partial charge in [0, 0.05) is 19.3 Å². The second kappa shape index (κ2) is 48.3. The van der Waals surface area contributed by atoms with Crippen molar-refractivity contribution < 1.29 is 28.6 Å². The predicted octanol–water partition coefficient (Wildman–Crippen LogP) is 16.5. The van der Waals surface area contributed by atoms with Crippen molar-refractivity contribution >= 4 is 17.9 Å². The van der Waals surface area contributed by atoms with Crippen LogP contribution in [0.5, 0.6) is 0 Å². The summed E-state index contributed by atoms with van der Waals surface area (Å²) >= 11 is 0. The molecule has 0 unspecified atom stereocenters. The molecule has 0 fully saturated rings. The maximum Gasteiger partial charge on any atom is 0.306 e. The Balaban J connectivity index is 4.37. The van der Waals surface area contributed by atoms with Crippen LogP contribution >= 0.6 is 0 Å². The standard InChI is InChI=1S/C53H96O6/c1-4-7-10-13-16-19-22-24-26-28-31-34-37-40-43-46-52(55)58-49-50(48-57-51(54)45-42-39-36-33-30-21-18-15-12-9-6-3)59-53(56)47-44-41-38-35-32-29-27-25-23-20-17-14-11-8-5-2/h15-16,18-19,24,26,50H,4-14,17,20-23,25,27-49H2,1-3H3/b18-15-,19-16-,26-24-/t50-/m0/s1. The molecule has 1 atom stereocenters. The van der Waals surface area contributed by atoms with Crippen molar-refractivity contribution in [1.29, 1.82) is 0 Å². The van der Waals surface area contributed by atoms with E-state index in [9.17, 15) is 14.4 Å². The van der Waals surface area contributed by atoms with Crippen molar-refractivity contribution in [2.45, 2.75) is 271 Å². The van der Waals surface area contributed by atoms with Crippen LogP contribution in [0.1, 0.15) is 265 Å². The molecular formula is C53H96O6. The number of carbonyl (C=O) groups excluding carboxylic acids is 3. The Bertz CT molecular complexity index is 1000. The van der Waals surface area contributed by atoms with Crippen molar-refractivity contribution in [2.24, 2.45) is 0 Å². The van der Waals surface area contributed by atoms with E-state index in [0.717, 1.165) is 83.5 Å². The van der Waals surface area contributed by atoms with Crippen molar-refractivity contribution in [3.8, 4) is 0 Å². The minimum absolute atomic E-state index is 0.0786. The molecule has 0 aromatic heterocycles. The van der Waals surface area contributed by atoms with Crippen LogP contribution in [0.15, 0.2) is 36.5 Å². The molecule has 6 heteroatoms. The van der Waals surface area contributed by atoms with Gasteiger partial charge >= 0.3 is 17.9 Å². The molecule has 344 valence electrons. The molecule has 0 amide bonds. The van der Waals surface area contributed by atoms with Crippen LogP contribution in [-0.2, 0) is 28.6 Å². The number of hydrogen-bond acceptors (Lipinski definition) is 6. The molecule has 0 spiro atoms. The van der Waals surface area contributed by atoms with Gasteiger partial charge in [-0.15, -0.1) is 0 Å². The van der Waals surface area contributed by atoms with Crippen LogP contribution in [0.4, 0.5) is 0 Å². The Kier molecular flexibility index (Phi) is 46.4. The average Bonchev–Trinajstić information content (AvgIpc) is 3.23. The summed E-state index contributed by atoms with van der Waals surface area (Å²) in [5.74, 6) is -0.892. The fraction of sp³-hybridized carbons (Fsp3) is 0.830. The molecule has 0 rings (SSSR count). The van der Waals surface area contributed by atoms with E-state index in [1.807, 2.05) is 0 Å². The highest BCUT2D eigenvalue weighted by Crippen LogP contribution is 2.15. The minimum Gasteiger partial charge on any atom is -0.462 e. The average molecular weight is 829 g/mol. The largest absolute Gasteiger partial charge is 0.462 e. The predicted molar refractivity (Wildman–Crippen MR) is 252 cm³/mol. The minimum atomic E-state index is -0.776. The van der Waals surface area contributed by atoms with Gasteiger partial charge in [-0.25, -0.2) is 0 Å². The van der Waals surface area contributed by atoms with Crippen molar-refractivity contribution in [3.05, 3.63) is 36.5 Å². The molecule has 0 aliphatic heterocycles. The van der Waals surface area contributed by atoms with Gasteiger partial charge < -0.3 is 14.2 Å². The SMILES string of the molecule is CCCC/C=C\CCCCCCCC(=O)OC[C@@H](COC(=O)CCCCCCC/C=C\C/C=C\CCCCC)OC(=O)CCCCCCCCCCCCCCCCC. The van der Waals surface area contributed by atoms with Crippen molar-refractivity contribution in [2.75, 3.05) is 13.2 Å². The molecule has 0 aliphatic carbocycles. The summed E-state index contributed by atoms with van der Waals surface area (Å²) < 4.78 is 16.8. The zero-order valence-electron chi connectivity index (χ0n) is 39.3. The molecule has 0 N–H and O–H groups in total. The number of carbonyl (C=O) groups is 3. The van der Waals surface area contributed by atoms with E-state index >= 15 is 0 Å². The Labute approximate surface area is 365 Å². The van der Waals surface area contributed by atoms with E-state index in [-0.39, 0.29) is 31.1 Å². The zero-order chi connectivity index (χ0) is 43.0. The molecule has 0 heterocycles. The molecular weight excluding hydrogens is 733 g/mol. The van der Waals surface area contributed by atoms with Crippen LogP contribution < -0.4 is 0 Å². The Morgan fingerprint density at radius 1 is 0.339 bits per heavy atom. The first kappa shape index (κ1) is 56.6. The molecule has 0 saturated heterocycles. The maximum atomic E-state index is 12.8. The molecule has 59 heavy (non-hydrogen) atoms. The Morgan fingerprint density at radius 3 is 1.03 bits per heavy atom. The van der Waals surface area contributed by atoms with Gasteiger partial charge in [0.1, 0.15) is 13.2 Å². The number of hydrogen-bond donors (Lipinski definition) is 0. The van der Waals surface area contributed by atoms with Gasteiger partial charge in [-0.05, 0) is 70.6 Å². The summed E-state index contributed by atoms with van der Waals surface area (Å²) in [7, 11) is 0. The van der Waals surface area contributed by atoms with Crippen molar-refractivity contribution in [3.63, 3.8) is 0 Å². The van der Waals surface area contributed by atoms with E-state index in [1.54, 1.807) is 0 Å². The fourth-order valence-corrected chi connectivity index (χ4v) is 7.22. The van der Waals surface area contributed by atoms with E-state index < -0.39 is 6.10 Å². The van der Waals surface area contributed by atoms with E-state index in [2.05, 4.69) is 57.2 Å². The number of allylic oxidation sites excluding steroid dienone is 6. The van der Waals surface area contributed by atoms with Crippen LogP contribution in [0.2, 0.25) is 0 Å². The smallest absolute Gasteiger partial charge is 0.306 e. The van der Waals surface area contributed by atoms with Crippen LogP contribution in [0.3, 0.4) is 0 Å². The van der Waals surface area contributed by atoms with Gasteiger partial charge in [0.2, 0.25) is 0 Å². The van der Waals surface area contributed by atoms with Crippen LogP contribution in [-0.4, -0.2) is 37.2 Å². The van der Waals surface area contributed by atoms with Gasteiger partial charge in [0.15, 0.2) is 6.10 Å². The number of esters is 3. The lowest BCUT2D eigenvalue weighted by Gasteiger charge is -2.18. The number of unbranched alkanes of at least 4 members (excludes halogenated alkanes) is 29. The fourth-order valence-electron chi connectivity index (χ4n) is 7.22. The molecule has 0 aromatic rings. The third-order valence-electron chi connectivity index (χ3n) is 11.1. The first-order valence-corrected chi connectivity index (χ1v) is 25.5. The van der Waals surface area contributed by atoms with Gasteiger partial charge in [-0.2, -0.15) is 0 Å². The monoisotopic (exact) mass is 829 g/mol. The lowest BCUT2D eigenvalue weighted by molar-refractivity contribution is -0.167. The highest BCUT2D eigenvalue weighted by atomic mass is 16.6.